The molecule has 1 aliphatic rings. The van der Waals surface area contributed by atoms with Gasteiger partial charge in [-0.1, -0.05) is 12.1 Å². The Bertz CT molecular complexity index is 333. The summed E-state index contributed by atoms with van der Waals surface area (Å²) in [7, 11) is 2.05. The summed E-state index contributed by atoms with van der Waals surface area (Å²) in [5.74, 6) is 0.780. The molecular formula is C14H20FN. The number of aryl methyl sites for hydroxylation is 1. The van der Waals surface area contributed by atoms with E-state index in [0.29, 0.717) is 6.04 Å². The quantitative estimate of drug-likeness (QED) is 0.778. The molecular weight excluding hydrogens is 201 g/mol. The van der Waals surface area contributed by atoms with Crippen molar-refractivity contribution in [2.75, 3.05) is 7.05 Å². The van der Waals surface area contributed by atoms with Gasteiger partial charge in [-0.25, -0.2) is 4.39 Å². The van der Waals surface area contributed by atoms with Gasteiger partial charge in [-0.3, -0.25) is 0 Å². The van der Waals surface area contributed by atoms with Crippen molar-refractivity contribution in [3.8, 4) is 0 Å². The Balaban J connectivity index is 1.74. The van der Waals surface area contributed by atoms with E-state index in [4.69, 9.17) is 0 Å². The van der Waals surface area contributed by atoms with Gasteiger partial charge in [-0.05, 0) is 62.8 Å². The lowest BCUT2D eigenvalue weighted by atomic mass is 10.0. The summed E-state index contributed by atoms with van der Waals surface area (Å²) in [6.07, 6.45) is 6.10. The average molecular weight is 221 g/mol. The van der Waals surface area contributed by atoms with Crippen LogP contribution >= 0.6 is 0 Å². The maximum absolute atomic E-state index is 12.9. The van der Waals surface area contributed by atoms with Gasteiger partial charge in [0.2, 0.25) is 0 Å². The van der Waals surface area contributed by atoms with Gasteiger partial charge in [0, 0.05) is 6.04 Å². The van der Waals surface area contributed by atoms with E-state index < -0.39 is 0 Å². The fourth-order valence-corrected chi connectivity index (χ4v) is 2.33. The zero-order valence-corrected chi connectivity index (χ0v) is 9.88. The SMILES string of the molecule is CNC(CCCc1cccc(F)c1)C1CC1. The Hall–Kier alpha value is -0.890. The highest BCUT2D eigenvalue weighted by Crippen LogP contribution is 2.34. The molecule has 0 saturated heterocycles. The smallest absolute Gasteiger partial charge is 0.123 e. The van der Waals surface area contributed by atoms with Gasteiger partial charge in [0.25, 0.3) is 0 Å². The lowest BCUT2D eigenvalue weighted by Crippen LogP contribution is -2.27. The molecule has 1 unspecified atom stereocenters. The Kier molecular flexibility index (Phi) is 3.94. The summed E-state index contributed by atoms with van der Waals surface area (Å²) >= 11 is 0. The minimum absolute atomic E-state index is 0.121. The third kappa shape index (κ3) is 3.31. The van der Waals surface area contributed by atoms with E-state index in [1.165, 1.54) is 25.3 Å². The fraction of sp³-hybridized carbons (Fsp3) is 0.571. The fourth-order valence-electron chi connectivity index (χ4n) is 2.33. The van der Waals surface area contributed by atoms with Crippen LogP contribution < -0.4 is 5.32 Å². The van der Waals surface area contributed by atoms with Crippen LogP contribution in [0.5, 0.6) is 0 Å². The first-order valence-corrected chi connectivity index (χ1v) is 6.21. The lowest BCUT2D eigenvalue weighted by molar-refractivity contribution is 0.456. The number of benzene rings is 1. The molecule has 16 heavy (non-hydrogen) atoms. The monoisotopic (exact) mass is 221 g/mol. The molecule has 0 spiro atoms. The van der Waals surface area contributed by atoms with E-state index in [1.807, 2.05) is 13.1 Å². The second-order valence-corrected chi connectivity index (χ2v) is 4.75. The molecule has 2 rings (SSSR count). The molecule has 2 heteroatoms. The van der Waals surface area contributed by atoms with E-state index >= 15 is 0 Å². The van der Waals surface area contributed by atoms with Crippen LogP contribution in [0.25, 0.3) is 0 Å². The van der Waals surface area contributed by atoms with Gasteiger partial charge in [0.05, 0.1) is 0 Å². The Morgan fingerprint density at radius 1 is 1.44 bits per heavy atom. The van der Waals surface area contributed by atoms with Gasteiger partial charge in [-0.2, -0.15) is 0 Å². The van der Waals surface area contributed by atoms with Crippen molar-refractivity contribution in [2.24, 2.45) is 5.92 Å². The summed E-state index contributed by atoms with van der Waals surface area (Å²) < 4.78 is 12.9. The molecule has 1 aliphatic carbocycles. The molecule has 88 valence electrons. The third-order valence-corrected chi connectivity index (χ3v) is 3.43. The summed E-state index contributed by atoms with van der Waals surface area (Å²) in [5.41, 5.74) is 1.12. The van der Waals surface area contributed by atoms with Crippen molar-refractivity contribution in [3.05, 3.63) is 35.6 Å². The molecule has 1 nitrogen and oxygen atoms in total. The second-order valence-electron chi connectivity index (χ2n) is 4.75. The molecule has 0 bridgehead atoms. The van der Waals surface area contributed by atoms with Crippen LogP contribution in [0.1, 0.15) is 31.2 Å². The molecule has 0 heterocycles. The van der Waals surface area contributed by atoms with Crippen molar-refractivity contribution < 1.29 is 4.39 Å². The minimum atomic E-state index is -0.121. The number of hydrogen-bond acceptors (Lipinski definition) is 1. The molecule has 0 aromatic heterocycles. The highest BCUT2D eigenvalue weighted by Gasteiger charge is 2.29. The zero-order valence-electron chi connectivity index (χ0n) is 9.88. The molecule has 0 radical (unpaired) electrons. The lowest BCUT2D eigenvalue weighted by Gasteiger charge is -2.14. The van der Waals surface area contributed by atoms with E-state index in [9.17, 15) is 4.39 Å². The normalized spacial score (nSPS) is 17.4. The predicted molar refractivity (Wildman–Crippen MR) is 64.9 cm³/mol. The van der Waals surface area contributed by atoms with E-state index in [2.05, 4.69) is 5.32 Å². The molecule has 0 amide bonds. The average Bonchev–Trinajstić information content (AvgIpc) is 3.08. The van der Waals surface area contributed by atoms with Crippen LogP contribution in [0.3, 0.4) is 0 Å². The Morgan fingerprint density at radius 3 is 2.88 bits per heavy atom. The van der Waals surface area contributed by atoms with Gasteiger partial charge < -0.3 is 5.32 Å². The zero-order chi connectivity index (χ0) is 11.4. The highest BCUT2D eigenvalue weighted by molar-refractivity contribution is 5.16. The first-order valence-electron chi connectivity index (χ1n) is 6.21. The van der Waals surface area contributed by atoms with E-state index in [1.54, 1.807) is 12.1 Å². The van der Waals surface area contributed by atoms with Gasteiger partial charge in [-0.15, -0.1) is 0 Å². The van der Waals surface area contributed by atoms with Crippen LogP contribution in [-0.2, 0) is 6.42 Å². The third-order valence-electron chi connectivity index (χ3n) is 3.43. The second kappa shape index (κ2) is 5.44. The summed E-state index contributed by atoms with van der Waals surface area (Å²) in [5, 5.41) is 3.39. The predicted octanol–water partition coefficient (Wildman–Crippen LogP) is 3.15. The van der Waals surface area contributed by atoms with Crippen LogP contribution in [0.4, 0.5) is 4.39 Å². The first kappa shape index (κ1) is 11.6. The largest absolute Gasteiger partial charge is 0.317 e. The number of rotatable bonds is 6. The maximum atomic E-state index is 12.9. The minimum Gasteiger partial charge on any atom is -0.317 e. The van der Waals surface area contributed by atoms with Crippen molar-refractivity contribution in [1.82, 2.24) is 5.32 Å². The summed E-state index contributed by atoms with van der Waals surface area (Å²) in [6.45, 7) is 0. The van der Waals surface area contributed by atoms with Crippen molar-refractivity contribution in [1.29, 1.82) is 0 Å². The van der Waals surface area contributed by atoms with Crippen LogP contribution in [0.15, 0.2) is 24.3 Å². The molecule has 1 aromatic carbocycles. The first-order chi connectivity index (χ1) is 7.79. The highest BCUT2D eigenvalue weighted by atomic mass is 19.1. The van der Waals surface area contributed by atoms with Crippen molar-refractivity contribution >= 4 is 0 Å². The molecule has 1 atom stereocenters. The van der Waals surface area contributed by atoms with Gasteiger partial charge in [0.1, 0.15) is 5.82 Å². The number of nitrogens with one attached hydrogen (secondary N) is 1. The Morgan fingerprint density at radius 2 is 2.25 bits per heavy atom. The molecule has 1 aromatic rings. The number of halogens is 1. The molecule has 0 aliphatic heterocycles. The molecule has 1 N–H and O–H groups in total. The summed E-state index contributed by atoms with van der Waals surface area (Å²) in [4.78, 5) is 0. The van der Waals surface area contributed by atoms with Gasteiger partial charge >= 0.3 is 0 Å². The van der Waals surface area contributed by atoms with Crippen LogP contribution in [0.2, 0.25) is 0 Å². The van der Waals surface area contributed by atoms with Gasteiger partial charge in [0.15, 0.2) is 0 Å². The molecule has 1 fully saturated rings. The number of hydrogen-bond donors (Lipinski definition) is 1. The van der Waals surface area contributed by atoms with Crippen molar-refractivity contribution in [3.63, 3.8) is 0 Å². The van der Waals surface area contributed by atoms with E-state index in [-0.39, 0.29) is 5.82 Å². The standard InChI is InChI=1S/C14H20FN/c1-16-14(12-8-9-12)7-3-5-11-4-2-6-13(15)10-11/h2,4,6,10,12,14,16H,3,5,7-9H2,1H3. The maximum Gasteiger partial charge on any atom is 0.123 e. The molecule has 1 saturated carbocycles. The topological polar surface area (TPSA) is 12.0 Å². The van der Waals surface area contributed by atoms with Crippen LogP contribution in [-0.4, -0.2) is 13.1 Å². The Labute approximate surface area is 97.1 Å². The van der Waals surface area contributed by atoms with Crippen molar-refractivity contribution in [2.45, 2.75) is 38.1 Å². The summed E-state index contributed by atoms with van der Waals surface area (Å²) in [6, 6.07) is 7.62. The van der Waals surface area contributed by atoms with E-state index in [0.717, 1.165) is 24.3 Å². The van der Waals surface area contributed by atoms with Crippen LogP contribution in [0, 0.1) is 11.7 Å².